The SMILES string of the molecule is Cc1c(C(=O)NCC(=O)Cc2ccc(F)cc2)nc2c(N3CCOC3=O)cc(N3CCOCC3)cn2c1=O. The number of morpholine rings is 1. The number of aromatic nitrogens is 2. The fourth-order valence-electron chi connectivity index (χ4n) is 4.48. The Morgan fingerprint density at radius 3 is 2.50 bits per heavy atom. The maximum Gasteiger partial charge on any atom is 0.414 e. The molecule has 2 saturated heterocycles. The Morgan fingerprint density at radius 1 is 1.08 bits per heavy atom. The number of nitrogens with zero attached hydrogens (tertiary/aromatic N) is 4. The molecular weight excluding hydrogens is 497 g/mol. The lowest BCUT2D eigenvalue weighted by Gasteiger charge is -2.30. The number of fused-ring (bicyclic) bond motifs is 1. The predicted molar refractivity (Wildman–Crippen MR) is 135 cm³/mol. The van der Waals surface area contributed by atoms with Gasteiger partial charge in [0.1, 0.15) is 18.1 Å². The summed E-state index contributed by atoms with van der Waals surface area (Å²) in [5.74, 6) is -1.39. The summed E-state index contributed by atoms with van der Waals surface area (Å²) in [4.78, 5) is 59.2. The summed E-state index contributed by atoms with van der Waals surface area (Å²) >= 11 is 0. The van der Waals surface area contributed by atoms with Gasteiger partial charge in [0.15, 0.2) is 11.4 Å². The molecule has 1 aromatic carbocycles. The normalized spacial score (nSPS) is 15.6. The lowest BCUT2D eigenvalue weighted by molar-refractivity contribution is -0.117. The number of ketones is 1. The molecule has 2 fully saturated rings. The van der Waals surface area contributed by atoms with Gasteiger partial charge >= 0.3 is 6.09 Å². The van der Waals surface area contributed by atoms with E-state index in [2.05, 4.69) is 10.3 Å². The number of nitrogens with one attached hydrogen (secondary N) is 1. The lowest BCUT2D eigenvalue weighted by atomic mass is 10.1. The molecule has 1 N–H and O–H groups in total. The lowest BCUT2D eigenvalue weighted by Crippen LogP contribution is -2.37. The molecule has 0 bridgehead atoms. The van der Waals surface area contributed by atoms with Crippen LogP contribution in [0.1, 0.15) is 21.6 Å². The van der Waals surface area contributed by atoms with Crippen molar-refractivity contribution in [3.63, 3.8) is 0 Å². The van der Waals surface area contributed by atoms with Crippen molar-refractivity contribution in [2.24, 2.45) is 0 Å². The molecule has 0 unspecified atom stereocenters. The minimum Gasteiger partial charge on any atom is -0.447 e. The molecule has 198 valence electrons. The van der Waals surface area contributed by atoms with E-state index in [0.29, 0.717) is 43.2 Å². The highest BCUT2D eigenvalue weighted by Crippen LogP contribution is 2.29. The molecule has 2 aliphatic rings. The first kappa shape index (κ1) is 25.3. The molecule has 3 aromatic rings. The third kappa shape index (κ3) is 5.07. The Morgan fingerprint density at radius 2 is 1.82 bits per heavy atom. The summed E-state index contributed by atoms with van der Waals surface area (Å²) in [7, 11) is 0. The summed E-state index contributed by atoms with van der Waals surface area (Å²) < 4.78 is 25.0. The predicted octanol–water partition coefficient (Wildman–Crippen LogP) is 1.48. The Balaban J connectivity index is 1.46. The van der Waals surface area contributed by atoms with Crippen LogP contribution in [0.3, 0.4) is 0 Å². The van der Waals surface area contributed by atoms with Gasteiger partial charge in [0.05, 0.1) is 37.7 Å². The van der Waals surface area contributed by atoms with Crippen molar-refractivity contribution in [1.29, 1.82) is 0 Å². The van der Waals surface area contributed by atoms with E-state index in [9.17, 15) is 23.6 Å². The second kappa shape index (κ2) is 10.6. The number of benzene rings is 1. The van der Waals surface area contributed by atoms with E-state index < -0.39 is 23.4 Å². The van der Waals surface area contributed by atoms with Gasteiger partial charge in [-0.15, -0.1) is 0 Å². The topological polar surface area (TPSA) is 123 Å². The van der Waals surface area contributed by atoms with Crippen LogP contribution in [0.25, 0.3) is 5.65 Å². The average Bonchev–Trinajstić information content (AvgIpc) is 3.36. The molecule has 0 spiro atoms. The number of amides is 2. The van der Waals surface area contributed by atoms with Gasteiger partial charge in [-0.25, -0.2) is 14.2 Å². The molecule has 12 heteroatoms. The first-order valence-electron chi connectivity index (χ1n) is 12.2. The number of hydrogen-bond donors (Lipinski definition) is 1. The fraction of sp³-hybridized carbons (Fsp3) is 0.346. The third-order valence-electron chi connectivity index (χ3n) is 6.52. The molecule has 2 amide bonds. The molecule has 38 heavy (non-hydrogen) atoms. The molecule has 0 atom stereocenters. The Labute approximate surface area is 216 Å². The zero-order valence-corrected chi connectivity index (χ0v) is 20.7. The van der Waals surface area contributed by atoms with Gasteiger partial charge in [0, 0.05) is 31.3 Å². The van der Waals surface area contributed by atoms with Crippen LogP contribution in [-0.4, -0.2) is 73.2 Å². The van der Waals surface area contributed by atoms with Crippen LogP contribution in [0.5, 0.6) is 0 Å². The standard InChI is InChI=1S/C26H26FN5O6/c1-16-22(24(34)28-14-20(33)12-17-2-4-18(27)5-3-17)29-23-21(31-8-11-38-26(31)36)13-19(15-32(23)25(16)35)30-6-9-37-10-7-30/h2-5,13,15H,6-12,14H2,1H3,(H,28,34). The van der Waals surface area contributed by atoms with E-state index >= 15 is 0 Å². The first-order valence-corrected chi connectivity index (χ1v) is 12.2. The van der Waals surface area contributed by atoms with Crippen molar-refractivity contribution >= 4 is 34.8 Å². The molecule has 0 saturated carbocycles. The van der Waals surface area contributed by atoms with Crippen molar-refractivity contribution in [2.75, 3.05) is 55.8 Å². The number of hydrogen-bond acceptors (Lipinski definition) is 8. The van der Waals surface area contributed by atoms with Crippen LogP contribution in [-0.2, 0) is 20.7 Å². The number of ether oxygens (including phenoxy) is 2. The van der Waals surface area contributed by atoms with Crippen LogP contribution < -0.4 is 20.7 Å². The first-order chi connectivity index (χ1) is 18.3. The zero-order chi connectivity index (χ0) is 26.8. The van der Waals surface area contributed by atoms with Crippen molar-refractivity contribution in [2.45, 2.75) is 13.3 Å². The molecule has 2 aromatic heterocycles. The maximum absolute atomic E-state index is 13.4. The van der Waals surface area contributed by atoms with Gasteiger partial charge in [0.25, 0.3) is 11.5 Å². The quantitative estimate of drug-likeness (QED) is 0.494. The summed E-state index contributed by atoms with van der Waals surface area (Å²) in [5, 5.41) is 2.52. The maximum atomic E-state index is 13.4. The van der Waals surface area contributed by atoms with Crippen molar-refractivity contribution in [1.82, 2.24) is 14.7 Å². The number of Topliss-reactive ketones (excluding diaryl/α,β-unsaturated/α-hetero) is 1. The van der Waals surface area contributed by atoms with E-state index in [0.717, 1.165) is 0 Å². The van der Waals surface area contributed by atoms with Crippen LogP contribution in [0, 0.1) is 12.7 Å². The van der Waals surface area contributed by atoms with Gasteiger partial charge in [0.2, 0.25) is 0 Å². The van der Waals surface area contributed by atoms with Gasteiger partial charge in [-0.1, -0.05) is 12.1 Å². The largest absolute Gasteiger partial charge is 0.447 e. The number of pyridine rings is 1. The third-order valence-corrected chi connectivity index (χ3v) is 6.52. The monoisotopic (exact) mass is 523 g/mol. The number of anilines is 2. The summed E-state index contributed by atoms with van der Waals surface area (Å²) in [6.45, 7) is 3.94. The van der Waals surface area contributed by atoms with E-state index in [-0.39, 0.29) is 48.8 Å². The molecule has 11 nitrogen and oxygen atoms in total. The second-order valence-electron chi connectivity index (χ2n) is 9.06. The van der Waals surface area contributed by atoms with Crippen LogP contribution in [0.15, 0.2) is 41.3 Å². The molecule has 0 radical (unpaired) electrons. The molecule has 4 heterocycles. The Bertz CT molecular complexity index is 1470. The van der Waals surface area contributed by atoms with Gasteiger partial charge < -0.3 is 19.7 Å². The van der Waals surface area contributed by atoms with Gasteiger partial charge in [-0.2, -0.15) is 0 Å². The smallest absolute Gasteiger partial charge is 0.414 e. The molecule has 0 aliphatic carbocycles. The summed E-state index contributed by atoms with van der Waals surface area (Å²) in [5.41, 5.74) is 1.28. The summed E-state index contributed by atoms with van der Waals surface area (Å²) in [6.07, 6.45) is 1.08. The fourth-order valence-corrected chi connectivity index (χ4v) is 4.48. The highest BCUT2D eigenvalue weighted by molar-refractivity contribution is 5.99. The number of cyclic esters (lactones) is 1. The van der Waals surface area contributed by atoms with Crippen molar-refractivity contribution < 1.29 is 28.2 Å². The van der Waals surface area contributed by atoms with Gasteiger partial charge in [-0.3, -0.25) is 23.7 Å². The van der Waals surface area contributed by atoms with E-state index in [1.54, 1.807) is 12.3 Å². The van der Waals surface area contributed by atoms with Crippen molar-refractivity contribution in [3.05, 3.63) is 69.5 Å². The zero-order valence-electron chi connectivity index (χ0n) is 20.7. The Kier molecular flexibility index (Phi) is 7.05. The minimum atomic E-state index is -0.693. The molecule has 2 aliphatic heterocycles. The van der Waals surface area contributed by atoms with Gasteiger partial charge in [-0.05, 0) is 30.7 Å². The van der Waals surface area contributed by atoms with Crippen LogP contribution >= 0.6 is 0 Å². The van der Waals surface area contributed by atoms with E-state index in [4.69, 9.17) is 9.47 Å². The highest BCUT2D eigenvalue weighted by Gasteiger charge is 2.29. The highest BCUT2D eigenvalue weighted by atomic mass is 19.1. The number of carbonyl (C=O) groups is 3. The van der Waals surface area contributed by atoms with E-state index in [1.165, 1.54) is 40.5 Å². The summed E-state index contributed by atoms with van der Waals surface area (Å²) in [6, 6.07) is 7.27. The van der Waals surface area contributed by atoms with Crippen LogP contribution in [0.4, 0.5) is 20.6 Å². The number of rotatable bonds is 7. The van der Waals surface area contributed by atoms with Crippen LogP contribution in [0.2, 0.25) is 0 Å². The number of carbonyl (C=O) groups excluding carboxylic acids is 3. The second-order valence-corrected chi connectivity index (χ2v) is 9.06. The average molecular weight is 524 g/mol. The minimum absolute atomic E-state index is 0.0128. The Hall–Kier alpha value is -4.32. The van der Waals surface area contributed by atoms with Crippen molar-refractivity contribution in [3.8, 4) is 0 Å². The number of halogens is 1. The molecule has 5 rings (SSSR count). The van der Waals surface area contributed by atoms with E-state index in [1.807, 2.05) is 4.90 Å². The molecular formula is C26H26FN5O6.